The van der Waals surface area contributed by atoms with Gasteiger partial charge >= 0.3 is 0 Å². The maximum atomic E-state index is 11.2. The third-order valence-corrected chi connectivity index (χ3v) is 4.40. The van der Waals surface area contributed by atoms with E-state index >= 15 is 0 Å². The lowest BCUT2D eigenvalue weighted by Crippen LogP contribution is -2.41. The minimum absolute atomic E-state index is 0.210. The maximum absolute atomic E-state index is 11.2. The highest BCUT2D eigenvalue weighted by Crippen LogP contribution is 2.17. The molecule has 0 bridgehead atoms. The molecule has 1 fully saturated rings. The largest absolute Gasteiger partial charge is 0.362 e. The highest BCUT2D eigenvalue weighted by molar-refractivity contribution is 7.91. The highest BCUT2D eigenvalue weighted by atomic mass is 32.2. The van der Waals surface area contributed by atoms with Crippen molar-refractivity contribution >= 4 is 27.2 Å². The Morgan fingerprint density at radius 3 is 2.67 bits per heavy atom. The van der Waals surface area contributed by atoms with Crippen LogP contribution in [-0.2, 0) is 9.84 Å². The molecule has 1 unspecified atom stereocenters. The van der Waals surface area contributed by atoms with Crippen molar-refractivity contribution in [1.29, 1.82) is 0 Å². The van der Waals surface area contributed by atoms with E-state index in [1.54, 1.807) is 0 Å². The molecule has 1 atom stereocenters. The highest BCUT2D eigenvalue weighted by Gasteiger charge is 2.27. The van der Waals surface area contributed by atoms with Crippen molar-refractivity contribution in [1.82, 2.24) is 10.6 Å². The van der Waals surface area contributed by atoms with Crippen LogP contribution in [0.25, 0.3) is 0 Å². The molecular weight excluding hydrogens is 232 g/mol. The number of hydrogen-bond donors (Lipinski definition) is 2. The molecule has 1 aliphatic rings. The summed E-state index contributed by atoms with van der Waals surface area (Å²) < 4.78 is 22.4. The van der Waals surface area contributed by atoms with Gasteiger partial charge in [0, 0.05) is 12.6 Å². The van der Waals surface area contributed by atoms with E-state index in [4.69, 9.17) is 12.2 Å². The lowest BCUT2D eigenvalue weighted by molar-refractivity contribution is 0.567. The fraction of sp³-hybridized carbons (Fsp3) is 0.889. The molecule has 1 saturated heterocycles. The van der Waals surface area contributed by atoms with Crippen molar-refractivity contribution in [2.45, 2.75) is 26.3 Å². The van der Waals surface area contributed by atoms with Gasteiger partial charge in [0.2, 0.25) is 0 Å². The van der Waals surface area contributed by atoms with Gasteiger partial charge in [0.25, 0.3) is 0 Å². The van der Waals surface area contributed by atoms with Gasteiger partial charge in [0.15, 0.2) is 14.9 Å². The van der Waals surface area contributed by atoms with Crippen LogP contribution in [0.3, 0.4) is 0 Å². The molecule has 0 aliphatic carbocycles. The van der Waals surface area contributed by atoms with Gasteiger partial charge in [-0.25, -0.2) is 8.42 Å². The van der Waals surface area contributed by atoms with E-state index < -0.39 is 9.84 Å². The van der Waals surface area contributed by atoms with Crippen molar-refractivity contribution < 1.29 is 8.42 Å². The van der Waals surface area contributed by atoms with E-state index in [2.05, 4.69) is 10.6 Å². The summed E-state index contributed by atoms with van der Waals surface area (Å²) in [6.07, 6.45) is 0.750. The lowest BCUT2D eigenvalue weighted by atomic mass is 10.1. The molecule has 1 heterocycles. The van der Waals surface area contributed by atoms with Crippen LogP contribution in [0.4, 0.5) is 0 Å². The third-order valence-electron chi connectivity index (χ3n) is 2.30. The van der Waals surface area contributed by atoms with Crippen molar-refractivity contribution in [2.75, 3.05) is 18.1 Å². The summed E-state index contributed by atoms with van der Waals surface area (Å²) in [5.74, 6) is 0.829. The fourth-order valence-electron chi connectivity index (χ4n) is 1.58. The van der Waals surface area contributed by atoms with Crippen LogP contribution >= 0.6 is 12.2 Å². The van der Waals surface area contributed by atoms with E-state index in [1.165, 1.54) is 0 Å². The summed E-state index contributed by atoms with van der Waals surface area (Å²) >= 11 is 5.05. The molecule has 88 valence electrons. The fourth-order valence-corrected chi connectivity index (χ4v) is 3.76. The quantitative estimate of drug-likeness (QED) is 0.705. The first-order valence-corrected chi connectivity index (χ1v) is 7.37. The van der Waals surface area contributed by atoms with Gasteiger partial charge in [0.05, 0.1) is 11.5 Å². The topological polar surface area (TPSA) is 58.2 Å². The molecule has 0 amide bonds. The Morgan fingerprint density at radius 1 is 1.53 bits per heavy atom. The SMILES string of the molecule is CC(C)NC(=S)NCC1CCS(=O)(=O)C1. The van der Waals surface area contributed by atoms with E-state index in [9.17, 15) is 8.42 Å². The molecule has 15 heavy (non-hydrogen) atoms. The first kappa shape index (κ1) is 12.7. The summed E-state index contributed by atoms with van der Waals surface area (Å²) in [4.78, 5) is 0. The van der Waals surface area contributed by atoms with Crippen LogP contribution < -0.4 is 10.6 Å². The number of hydrogen-bond acceptors (Lipinski definition) is 3. The Bertz CT molecular complexity index is 325. The van der Waals surface area contributed by atoms with Crippen LogP contribution in [0.2, 0.25) is 0 Å². The van der Waals surface area contributed by atoms with Gasteiger partial charge in [0.1, 0.15) is 0 Å². The van der Waals surface area contributed by atoms with Gasteiger partial charge in [-0.15, -0.1) is 0 Å². The number of nitrogens with one attached hydrogen (secondary N) is 2. The minimum atomic E-state index is -2.77. The summed E-state index contributed by atoms with van der Waals surface area (Å²) in [6.45, 7) is 4.67. The molecule has 0 saturated carbocycles. The zero-order valence-corrected chi connectivity index (χ0v) is 10.7. The van der Waals surface area contributed by atoms with E-state index in [-0.39, 0.29) is 5.92 Å². The van der Waals surface area contributed by atoms with E-state index in [0.29, 0.717) is 29.2 Å². The second-order valence-electron chi connectivity index (χ2n) is 4.28. The van der Waals surface area contributed by atoms with Crippen LogP contribution in [-0.4, -0.2) is 37.6 Å². The molecule has 0 aromatic heterocycles. The Hall–Kier alpha value is -0.360. The van der Waals surface area contributed by atoms with Gasteiger partial charge in [-0.05, 0) is 38.4 Å². The normalized spacial score (nSPS) is 24.1. The number of thiocarbonyl (C=S) groups is 1. The first-order chi connectivity index (χ1) is 6.89. The molecule has 0 aromatic carbocycles. The van der Waals surface area contributed by atoms with Crippen molar-refractivity contribution in [3.63, 3.8) is 0 Å². The lowest BCUT2D eigenvalue weighted by Gasteiger charge is -2.15. The molecule has 1 aliphatic heterocycles. The predicted octanol–water partition coefficient (Wildman–Crippen LogP) is 0.294. The maximum Gasteiger partial charge on any atom is 0.166 e. The number of rotatable bonds is 3. The Balaban J connectivity index is 2.24. The van der Waals surface area contributed by atoms with Crippen LogP contribution in [0, 0.1) is 5.92 Å². The van der Waals surface area contributed by atoms with Crippen molar-refractivity contribution in [3.8, 4) is 0 Å². The zero-order valence-electron chi connectivity index (χ0n) is 9.12. The molecule has 0 spiro atoms. The zero-order chi connectivity index (χ0) is 11.5. The minimum Gasteiger partial charge on any atom is -0.362 e. The predicted molar refractivity (Wildman–Crippen MR) is 65.6 cm³/mol. The van der Waals surface area contributed by atoms with E-state index in [1.807, 2.05) is 13.8 Å². The monoisotopic (exact) mass is 250 g/mol. The molecule has 2 N–H and O–H groups in total. The smallest absolute Gasteiger partial charge is 0.166 e. The average Bonchev–Trinajstić information content (AvgIpc) is 2.41. The first-order valence-electron chi connectivity index (χ1n) is 5.14. The molecular formula is C9H18N2O2S2. The van der Waals surface area contributed by atoms with Crippen molar-refractivity contribution in [2.24, 2.45) is 5.92 Å². The van der Waals surface area contributed by atoms with Crippen LogP contribution in [0.5, 0.6) is 0 Å². The summed E-state index contributed by atoms with van der Waals surface area (Å²) in [6, 6.07) is 0.303. The van der Waals surface area contributed by atoms with Crippen molar-refractivity contribution in [3.05, 3.63) is 0 Å². The average molecular weight is 250 g/mol. The summed E-state index contributed by atoms with van der Waals surface area (Å²) in [5, 5.41) is 6.71. The Labute approximate surface area is 96.7 Å². The Kier molecular flexibility index (Phi) is 4.33. The number of sulfone groups is 1. The second-order valence-corrected chi connectivity index (χ2v) is 6.92. The van der Waals surface area contributed by atoms with Gasteiger partial charge in [-0.2, -0.15) is 0 Å². The molecule has 0 aromatic rings. The van der Waals surface area contributed by atoms with Gasteiger partial charge < -0.3 is 10.6 Å². The van der Waals surface area contributed by atoms with Crippen LogP contribution in [0.15, 0.2) is 0 Å². The third kappa shape index (κ3) is 4.79. The molecule has 6 heteroatoms. The molecule has 1 rings (SSSR count). The molecule has 4 nitrogen and oxygen atoms in total. The Morgan fingerprint density at radius 2 is 2.20 bits per heavy atom. The van der Waals surface area contributed by atoms with Gasteiger partial charge in [-0.1, -0.05) is 0 Å². The summed E-state index contributed by atoms with van der Waals surface area (Å²) in [5.41, 5.74) is 0. The molecule has 0 radical (unpaired) electrons. The standard InChI is InChI=1S/C9H18N2O2S2/c1-7(2)11-9(14)10-5-8-3-4-15(12,13)6-8/h7-8H,3-6H2,1-2H3,(H2,10,11,14). The van der Waals surface area contributed by atoms with Crippen LogP contribution in [0.1, 0.15) is 20.3 Å². The second kappa shape index (κ2) is 5.12. The summed E-state index contributed by atoms with van der Waals surface area (Å²) in [7, 11) is -2.77. The van der Waals surface area contributed by atoms with E-state index in [0.717, 1.165) is 6.42 Å². The van der Waals surface area contributed by atoms with Gasteiger partial charge in [-0.3, -0.25) is 0 Å².